The SMILES string of the molecule is CCCCc1nc2c(N3CCNCC3)nccc2n1S(=O)(=O)c1ccc(OC)cc1. The van der Waals surface area contributed by atoms with Crippen LogP contribution in [0, 0.1) is 0 Å². The highest BCUT2D eigenvalue weighted by Crippen LogP contribution is 2.30. The molecule has 4 rings (SSSR count). The van der Waals surface area contributed by atoms with Crippen LogP contribution in [0.1, 0.15) is 25.6 Å². The summed E-state index contributed by atoms with van der Waals surface area (Å²) >= 11 is 0. The molecule has 30 heavy (non-hydrogen) atoms. The number of unbranched alkanes of at least 4 members (excludes halogenated alkanes) is 1. The molecule has 0 bridgehead atoms. The van der Waals surface area contributed by atoms with Gasteiger partial charge in [0.05, 0.1) is 17.5 Å². The number of nitrogens with zero attached hydrogens (tertiary/aromatic N) is 4. The van der Waals surface area contributed by atoms with E-state index in [9.17, 15) is 8.42 Å². The van der Waals surface area contributed by atoms with Gasteiger partial charge in [-0.05, 0) is 36.8 Å². The summed E-state index contributed by atoms with van der Waals surface area (Å²) in [6, 6.07) is 8.20. The lowest BCUT2D eigenvalue weighted by Gasteiger charge is -2.28. The van der Waals surface area contributed by atoms with Crippen LogP contribution in [0.15, 0.2) is 41.4 Å². The number of hydrogen-bond donors (Lipinski definition) is 1. The fourth-order valence-electron chi connectivity index (χ4n) is 3.74. The number of anilines is 1. The molecule has 1 aromatic carbocycles. The van der Waals surface area contributed by atoms with E-state index in [0.29, 0.717) is 29.0 Å². The molecule has 0 aliphatic carbocycles. The van der Waals surface area contributed by atoms with Crippen LogP contribution in [-0.2, 0) is 16.4 Å². The average molecular weight is 430 g/mol. The molecule has 1 fully saturated rings. The lowest BCUT2D eigenvalue weighted by atomic mass is 10.2. The number of pyridine rings is 1. The number of fused-ring (bicyclic) bond motifs is 1. The maximum absolute atomic E-state index is 13.6. The number of nitrogens with one attached hydrogen (secondary N) is 1. The van der Waals surface area contributed by atoms with Gasteiger partial charge in [-0.25, -0.2) is 22.4 Å². The van der Waals surface area contributed by atoms with Crippen LogP contribution in [0.2, 0.25) is 0 Å². The smallest absolute Gasteiger partial charge is 0.269 e. The minimum Gasteiger partial charge on any atom is -0.497 e. The number of imidazole rings is 1. The zero-order chi connectivity index (χ0) is 21.1. The van der Waals surface area contributed by atoms with E-state index in [4.69, 9.17) is 9.72 Å². The van der Waals surface area contributed by atoms with Gasteiger partial charge in [-0.2, -0.15) is 0 Å². The Balaban J connectivity index is 1.88. The molecule has 0 unspecified atom stereocenters. The quantitative estimate of drug-likeness (QED) is 0.617. The predicted octanol–water partition coefficient (Wildman–Crippen LogP) is 2.43. The second-order valence-corrected chi connectivity index (χ2v) is 9.10. The molecule has 8 nitrogen and oxygen atoms in total. The maximum Gasteiger partial charge on any atom is 0.269 e. The third kappa shape index (κ3) is 3.75. The van der Waals surface area contributed by atoms with Crippen molar-refractivity contribution in [2.45, 2.75) is 31.1 Å². The Morgan fingerprint density at radius 1 is 1.13 bits per heavy atom. The first-order valence-corrected chi connectivity index (χ1v) is 11.7. The van der Waals surface area contributed by atoms with Crippen LogP contribution in [0.3, 0.4) is 0 Å². The van der Waals surface area contributed by atoms with Gasteiger partial charge in [0.1, 0.15) is 17.1 Å². The second-order valence-electron chi connectivity index (χ2n) is 7.32. The normalized spacial score (nSPS) is 14.9. The Bertz CT molecular complexity index is 1120. The van der Waals surface area contributed by atoms with Crippen LogP contribution in [0.4, 0.5) is 5.82 Å². The van der Waals surface area contributed by atoms with Crippen molar-refractivity contribution in [2.24, 2.45) is 0 Å². The number of aromatic nitrogens is 3. The Labute approximate surface area is 176 Å². The highest BCUT2D eigenvalue weighted by molar-refractivity contribution is 7.90. The molecule has 9 heteroatoms. The summed E-state index contributed by atoms with van der Waals surface area (Å²) < 4.78 is 33.8. The fraction of sp³-hybridized carbons (Fsp3) is 0.429. The van der Waals surface area contributed by atoms with Gasteiger partial charge < -0.3 is 15.0 Å². The summed E-state index contributed by atoms with van der Waals surface area (Å²) in [5.41, 5.74) is 1.21. The van der Waals surface area contributed by atoms with Crippen molar-refractivity contribution in [3.63, 3.8) is 0 Å². The van der Waals surface area contributed by atoms with E-state index in [0.717, 1.165) is 44.8 Å². The molecule has 3 heterocycles. The van der Waals surface area contributed by atoms with Gasteiger partial charge in [-0.15, -0.1) is 0 Å². The zero-order valence-corrected chi connectivity index (χ0v) is 18.2. The van der Waals surface area contributed by atoms with Gasteiger partial charge >= 0.3 is 0 Å². The number of ether oxygens (including phenoxy) is 1. The molecule has 3 aromatic rings. The summed E-state index contributed by atoms with van der Waals surface area (Å²) in [7, 11) is -2.26. The van der Waals surface area contributed by atoms with E-state index in [1.54, 1.807) is 43.6 Å². The van der Waals surface area contributed by atoms with E-state index in [-0.39, 0.29) is 4.90 Å². The van der Waals surface area contributed by atoms with Crippen LogP contribution >= 0.6 is 0 Å². The molecule has 1 N–H and O–H groups in total. The van der Waals surface area contributed by atoms with E-state index in [1.807, 2.05) is 0 Å². The van der Waals surface area contributed by atoms with Gasteiger partial charge in [0, 0.05) is 38.8 Å². The standard InChI is InChI=1S/C21H27N5O3S/c1-3-4-5-19-24-20-18(10-11-23-21(20)25-14-12-22-13-15-25)26(19)30(27,28)17-8-6-16(29-2)7-9-17/h6-11,22H,3-5,12-15H2,1-2H3. The van der Waals surface area contributed by atoms with Crippen molar-refractivity contribution in [3.05, 3.63) is 42.4 Å². The first kappa shape index (κ1) is 20.6. The Kier molecular flexibility index (Phi) is 5.92. The number of piperazine rings is 1. The maximum atomic E-state index is 13.6. The van der Waals surface area contributed by atoms with Crippen LogP contribution in [0.5, 0.6) is 5.75 Å². The number of rotatable bonds is 7. The van der Waals surface area contributed by atoms with Crippen molar-refractivity contribution in [3.8, 4) is 5.75 Å². The van der Waals surface area contributed by atoms with Gasteiger partial charge in [0.15, 0.2) is 5.82 Å². The van der Waals surface area contributed by atoms with Gasteiger partial charge in [0.25, 0.3) is 10.0 Å². The molecule has 2 aromatic heterocycles. The molecule has 1 aliphatic heterocycles. The molecule has 0 saturated carbocycles. The molecule has 160 valence electrons. The molecule has 0 atom stereocenters. The third-order valence-corrected chi connectivity index (χ3v) is 7.10. The van der Waals surface area contributed by atoms with E-state index in [2.05, 4.69) is 22.1 Å². The summed E-state index contributed by atoms with van der Waals surface area (Å²) in [5, 5.41) is 3.33. The Morgan fingerprint density at radius 2 is 1.87 bits per heavy atom. The summed E-state index contributed by atoms with van der Waals surface area (Å²) in [6.45, 7) is 5.44. The molecule has 0 amide bonds. The van der Waals surface area contributed by atoms with Crippen LogP contribution in [0.25, 0.3) is 11.0 Å². The number of hydrogen-bond acceptors (Lipinski definition) is 7. The van der Waals surface area contributed by atoms with Crippen molar-refractivity contribution in [2.75, 3.05) is 38.2 Å². The first-order valence-electron chi connectivity index (χ1n) is 10.3. The van der Waals surface area contributed by atoms with Crippen molar-refractivity contribution in [1.29, 1.82) is 0 Å². The minimum absolute atomic E-state index is 0.209. The number of methoxy groups -OCH3 is 1. The first-order chi connectivity index (χ1) is 14.6. The minimum atomic E-state index is -3.82. The Hall–Kier alpha value is -2.65. The zero-order valence-electron chi connectivity index (χ0n) is 17.3. The molecule has 0 spiro atoms. The average Bonchev–Trinajstić information content (AvgIpc) is 3.17. The summed E-state index contributed by atoms with van der Waals surface area (Å²) in [6.07, 6.45) is 4.07. The van der Waals surface area contributed by atoms with Gasteiger partial charge in [-0.3, -0.25) is 0 Å². The van der Waals surface area contributed by atoms with Crippen molar-refractivity contribution < 1.29 is 13.2 Å². The van der Waals surface area contributed by atoms with Crippen molar-refractivity contribution >= 4 is 26.9 Å². The van der Waals surface area contributed by atoms with Gasteiger partial charge in [-0.1, -0.05) is 13.3 Å². The van der Waals surface area contributed by atoms with E-state index < -0.39 is 10.0 Å². The molecule has 0 radical (unpaired) electrons. The molecule has 1 saturated heterocycles. The topological polar surface area (TPSA) is 89.4 Å². The van der Waals surface area contributed by atoms with Gasteiger partial charge in [0.2, 0.25) is 0 Å². The summed E-state index contributed by atoms with van der Waals surface area (Å²) in [5.74, 6) is 1.91. The van der Waals surface area contributed by atoms with E-state index in [1.165, 1.54) is 3.97 Å². The molecular formula is C21H27N5O3S. The highest BCUT2D eigenvalue weighted by atomic mass is 32.2. The van der Waals surface area contributed by atoms with Crippen LogP contribution in [-0.4, -0.2) is 55.6 Å². The fourth-order valence-corrected chi connectivity index (χ4v) is 5.25. The Morgan fingerprint density at radius 3 is 2.53 bits per heavy atom. The highest BCUT2D eigenvalue weighted by Gasteiger charge is 2.27. The second kappa shape index (κ2) is 8.61. The van der Waals surface area contributed by atoms with E-state index >= 15 is 0 Å². The summed E-state index contributed by atoms with van der Waals surface area (Å²) in [4.78, 5) is 11.7. The third-order valence-electron chi connectivity index (χ3n) is 5.35. The molecular weight excluding hydrogens is 402 g/mol. The predicted molar refractivity (Wildman–Crippen MR) is 117 cm³/mol. The lowest BCUT2D eigenvalue weighted by Crippen LogP contribution is -2.44. The van der Waals surface area contributed by atoms with Crippen LogP contribution < -0.4 is 15.0 Å². The number of aryl methyl sites for hydroxylation is 1. The molecule has 1 aliphatic rings. The largest absolute Gasteiger partial charge is 0.497 e. The monoisotopic (exact) mass is 429 g/mol. The number of benzene rings is 1. The van der Waals surface area contributed by atoms with Crippen molar-refractivity contribution in [1.82, 2.24) is 19.3 Å². The lowest BCUT2D eigenvalue weighted by molar-refractivity contribution is 0.414.